The van der Waals surface area contributed by atoms with Crippen LogP contribution in [0.5, 0.6) is 0 Å². The fraction of sp³-hybridized carbons (Fsp3) is 0.818. The first-order chi connectivity index (χ1) is 8.27. The molecule has 2 aliphatic rings. The van der Waals surface area contributed by atoms with E-state index in [0.29, 0.717) is 19.3 Å². The lowest BCUT2D eigenvalue weighted by atomic mass is 9.67. The second-order valence-electron chi connectivity index (χ2n) is 5.00. The van der Waals surface area contributed by atoms with Gasteiger partial charge < -0.3 is 10.0 Å². The number of hydrogen-bond donors (Lipinski definition) is 1. The van der Waals surface area contributed by atoms with E-state index in [-0.39, 0.29) is 18.9 Å². The number of likely N-dealkylation sites (tertiary alicyclic amines) is 1. The normalized spacial score (nSPS) is 26.2. The fourth-order valence-electron chi connectivity index (χ4n) is 3.17. The first-order valence-corrected chi connectivity index (χ1v) is 5.88. The first-order valence-electron chi connectivity index (χ1n) is 5.88. The Morgan fingerprint density at radius 2 is 1.94 bits per heavy atom. The summed E-state index contributed by atoms with van der Waals surface area (Å²) >= 11 is 0. The van der Waals surface area contributed by atoms with E-state index in [1.54, 1.807) is 0 Å². The van der Waals surface area contributed by atoms with Gasteiger partial charge in [0.1, 0.15) is 0 Å². The van der Waals surface area contributed by atoms with Crippen LogP contribution in [-0.4, -0.2) is 40.1 Å². The van der Waals surface area contributed by atoms with Gasteiger partial charge in [0.15, 0.2) is 0 Å². The van der Waals surface area contributed by atoms with E-state index in [4.69, 9.17) is 5.11 Å². The van der Waals surface area contributed by atoms with Gasteiger partial charge >= 0.3 is 18.1 Å². The highest BCUT2D eigenvalue weighted by Crippen LogP contribution is 2.51. The Kier molecular flexibility index (Phi) is 3.03. The Bertz CT molecular complexity index is 376. The standard InChI is InChI=1S/C11H14F3NO3/c12-11(13,14)9(18)15-5-2-7(6-8(16)17)10(15)3-1-4-10/h7H,1-6H2,(H,16,17). The number of alkyl halides is 3. The molecule has 0 aromatic heterocycles. The summed E-state index contributed by atoms with van der Waals surface area (Å²) in [5.41, 5.74) is -0.856. The lowest BCUT2D eigenvalue weighted by Crippen LogP contribution is -2.58. The Morgan fingerprint density at radius 1 is 1.33 bits per heavy atom. The van der Waals surface area contributed by atoms with E-state index in [1.165, 1.54) is 0 Å². The summed E-state index contributed by atoms with van der Waals surface area (Å²) in [6.45, 7) is 0.0102. The summed E-state index contributed by atoms with van der Waals surface area (Å²) in [5, 5.41) is 8.78. The molecule has 0 bridgehead atoms. The van der Waals surface area contributed by atoms with E-state index >= 15 is 0 Å². The molecule has 0 radical (unpaired) electrons. The molecule has 1 aliphatic carbocycles. The van der Waals surface area contributed by atoms with Gasteiger partial charge in [-0.15, -0.1) is 0 Å². The number of hydrogen-bond acceptors (Lipinski definition) is 2. The molecule has 0 aromatic carbocycles. The molecule has 1 amide bonds. The molecule has 1 spiro atoms. The number of carboxylic acids is 1. The maximum atomic E-state index is 12.5. The monoisotopic (exact) mass is 265 g/mol. The zero-order valence-electron chi connectivity index (χ0n) is 9.66. The molecule has 102 valence electrons. The number of amides is 1. The van der Waals surface area contributed by atoms with Crippen LogP contribution in [0.1, 0.15) is 32.1 Å². The van der Waals surface area contributed by atoms with Crippen LogP contribution in [-0.2, 0) is 9.59 Å². The highest BCUT2D eigenvalue weighted by atomic mass is 19.4. The molecule has 1 heterocycles. The average molecular weight is 265 g/mol. The molecule has 1 saturated heterocycles. The van der Waals surface area contributed by atoms with Gasteiger partial charge in [0.2, 0.25) is 0 Å². The number of carbonyl (C=O) groups is 2. The second kappa shape index (κ2) is 4.13. The molecule has 1 aliphatic heterocycles. The van der Waals surface area contributed by atoms with Crippen molar-refractivity contribution in [1.29, 1.82) is 0 Å². The van der Waals surface area contributed by atoms with Crippen molar-refractivity contribution in [2.75, 3.05) is 6.54 Å². The van der Waals surface area contributed by atoms with Crippen LogP contribution in [0.2, 0.25) is 0 Å². The third kappa shape index (κ3) is 1.95. The van der Waals surface area contributed by atoms with Gasteiger partial charge in [-0.05, 0) is 31.6 Å². The summed E-state index contributed by atoms with van der Waals surface area (Å²) in [6, 6.07) is 0. The molecule has 7 heteroatoms. The van der Waals surface area contributed by atoms with Crippen molar-refractivity contribution in [2.24, 2.45) is 5.92 Å². The van der Waals surface area contributed by atoms with Crippen LogP contribution in [0.3, 0.4) is 0 Å². The largest absolute Gasteiger partial charge is 0.481 e. The van der Waals surface area contributed by atoms with Crippen LogP contribution in [0.4, 0.5) is 13.2 Å². The van der Waals surface area contributed by atoms with E-state index in [1.807, 2.05) is 0 Å². The fourth-order valence-corrected chi connectivity index (χ4v) is 3.17. The van der Waals surface area contributed by atoms with Crippen LogP contribution in [0, 0.1) is 5.92 Å². The summed E-state index contributed by atoms with van der Waals surface area (Å²) < 4.78 is 37.5. The van der Waals surface area contributed by atoms with Crippen LogP contribution in [0.15, 0.2) is 0 Å². The summed E-state index contributed by atoms with van der Waals surface area (Å²) in [6.07, 6.45) is -2.99. The van der Waals surface area contributed by atoms with Crippen molar-refractivity contribution in [1.82, 2.24) is 4.90 Å². The number of carbonyl (C=O) groups excluding carboxylic acids is 1. The molecule has 2 rings (SSSR count). The van der Waals surface area contributed by atoms with Crippen molar-refractivity contribution in [3.63, 3.8) is 0 Å². The average Bonchev–Trinajstić information content (AvgIpc) is 2.52. The predicted octanol–water partition coefficient (Wildman–Crippen LogP) is 1.79. The van der Waals surface area contributed by atoms with Crippen molar-refractivity contribution < 1.29 is 27.9 Å². The highest BCUT2D eigenvalue weighted by Gasteiger charge is 2.58. The molecule has 1 saturated carbocycles. The van der Waals surface area contributed by atoms with Gasteiger partial charge in [-0.3, -0.25) is 9.59 Å². The summed E-state index contributed by atoms with van der Waals surface area (Å²) in [7, 11) is 0. The molecular weight excluding hydrogens is 251 g/mol. The summed E-state index contributed by atoms with van der Waals surface area (Å²) in [5.74, 6) is -3.20. The molecule has 4 nitrogen and oxygen atoms in total. The van der Waals surface area contributed by atoms with Crippen LogP contribution in [0.25, 0.3) is 0 Å². The molecule has 1 N–H and O–H groups in total. The number of carboxylic acid groups (broad SMARTS) is 1. The molecule has 18 heavy (non-hydrogen) atoms. The lowest BCUT2D eigenvalue weighted by molar-refractivity contribution is -0.193. The van der Waals surface area contributed by atoms with E-state index in [2.05, 4.69) is 0 Å². The maximum absolute atomic E-state index is 12.5. The zero-order chi connectivity index (χ0) is 13.6. The van der Waals surface area contributed by atoms with Gasteiger partial charge in [0.05, 0.1) is 6.42 Å². The van der Waals surface area contributed by atoms with Crippen LogP contribution < -0.4 is 0 Å². The number of rotatable bonds is 2. The number of nitrogens with zero attached hydrogens (tertiary/aromatic N) is 1. The Hall–Kier alpha value is -1.27. The SMILES string of the molecule is O=C(O)CC1CCN(C(=O)C(F)(F)F)C12CCC2. The first kappa shape index (κ1) is 13.2. The second-order valence-corrected chi connectivity index (χ2v) is 5.00. The van der Waals surface area contributed by atoms with Gasteiger partial charge in [-0.1, -0.05) is 0 Å². The summed E-state index contributed by atoms with van der Waals surface area (Å²) in [4.78, 5) is 23.0. The van der Waals surface area contributed by atoms with Crippen LogP contribution >= 0.6 is 0 Å². The minimum Gasteiger partial charge on any atom is -0.481 e. The van der Waals surface area contributed by atoms with Crippen molar-refractivity contribution in [3.8, 4) is 0 Å². The lowest BCUT2D eigenvalue weighted by Gasteiger charge is -2.49. The smallest absolute Gasteiger partial charge is 0.471 e. The van der Waals surface area contributed by atoms with Gasteiger partial charge in [-0.25, -0.2) is 0 Å². The quantitative estimate of drug-likeness (QED) is 0.828. The van der Waals surface area contributed by atoms with Crippen molar-refractivity contribution in [3.05, 3.63) is 0 Å². The molecular formula is C11H14F3NO3. The topological polar surface area (TPSA) is 57.6 Å². The minimum atomic E-state index is -4.87. The third-order valence-corrected chi connectivity index (χ3v) is 4.13. The predicted molar refractivity (Wildman–Crippen MR) is 54.7 cm³/mol. The van der Waals surface area contributed by atoms with Gasteiger partial charge in [0.25, 0.3) is 0 Å². The zero-order valence-corrected chi connectivity index (χ0v) is 9.66. The molecule has 0 aromatic rings. The number of halogens is 3. The van der Waals surface area contributed by atoms with Gasteiger partial charge in [0, 0.05) is 12.1 Å². The number of aliphatic carboxylic acids is 1. The molecule has 1 atom stereocenters. The Balaban J connectivity index is 2.19. The van der Waals surface area contributed by atoms with Crippen molar-refractivity contribution >= 4 is 11.9 Å². The van der Waals surface area contributed by atoms with E-state index in [9.17, 15) is 22.8 Å². The maximum Gasteiger partial charge on any atom is 0.471 e. The highest BCUT2D eigenvalue weighted by molar-refractivity contribution is 5.83. The molecule has 1 unspecified atom stereocenters. The third-order valence-electron chi connectivity index (χ3n) is 4.13. The van der Waals surface area contributed by atoms with Crippen molar-refractivity contribution in [2.45, 2.75) is 43.8 Å². The minimum absolute atomic E-state index is 0.0102. The Morgan fingerprint density at radius 3 is 2.33 bits per heavy atom. The van der Waals surface area contributed by atoms with E-state index < -0.39 is 23.6 Å². The van der Waals surface area contributed by atoms with E-state index in [0.717, 1.165) is 11.3 Å². The Labute approximate surface area is 102 Å². The molecule has 2 fully saturated rings. The van der Waals surface area contributed by atoms with Gasteiger partial charge in [-0.2, -0.15) is 13.2 Å².